The van der Waals surface area contributed by atoms with Crippen LogP contribution in [0.15, 0.2) is 54.6 Å². The third kappa shape index (κ3) is 2.69. The van der Waals surface area contributed by atoms with E-state index in [0.29, 0.717) is 5.92 Å². The molecule has 0 amide bonds. The molecule has 0 bridgehead atoms. The van der Waals surface area contributed by atoms with Crippen LogP contribution >= 0.6 is 0 Å². The fraction of sp³-hybridized carbons (Fsp3) is 0.294. The molecule has 2 aromatic rings. The molecule has 1 aliphatic carbocycles. The van der Waals surface area contributed by atoms with Crippen LogP contribution in [0.3, 0.4) is 0 Å². The van der Waals surface area contributed by atoms with E-state index >= 15 is 0 Å². The Morgan fingerprint density at radius 1 is 1.05 bits per heavy atom. The van der Waals surface area contributed by atoms with Crippen LogP contribution in [0.5, 0.6) is 0 Å². The second-order valence-corrected chi connectivity index (χ2v) is 5.53. The van der Waals surface area contributed by atoms with E-state index in [4.69, 9.17) is 5.73 Å². The van der Waals surface area contributed by atoms with Crippen molar-refractivity contribution in [1.82, 2.24) is 0 Å². The van der Waals surface area contributed by atoms with E-state index in [2.05, 4.69) is 24.3 Å². The Kier molecular flexibility index (Phi) is 3.11. The molecule has 98 valence electrons. The van der Waals surface area contributed by atoms with Gasteiger partial charge >= 0.3 is 0 Å². The minimum absolute atomic E-state index is 0.104. The first-order chi connectivity index (χ1) is 9.17. The summed E-state index contributed by atoms with van der Waals surface area (Å²) in [4.78, 5) is 0. The molecule has 1 aliphatic rings. The zero-order valence-electron chi connectivity index (χ0n) is 10.9. The van der Waals surface area contributed by atoms with Crippen LogP contribution < -0.4 is 5.73 Å². The first-order valence-corrected chi connectivity index (χ1v) is 6.76. The van der Waals surface area contributed by atoms with Gasteiger partial charge in [0.1, 0.15) is 5.82 Å². The maximum absolute atomic E-state index is 12.9. The smallest absolute Gasteiger partial charge is 0.123 e. The van der Waals surface area contributed by atoms with Gasteiger partial charge in [-0.3, -0.25) is 0 Å². The van der Waals surface area contributed by atoms with Crippen molar-refractivity contribution in [3.05, 3.63) is 71.5 Å². The third-order valence-corrected chi connectivity index (χ3v) is 4.11. The van der Waals surface area contributed by atoms with Crippen molar-refractivity contribution in [2.75, 3.05) is 0 Å². The monoisotopic (exact) mass is 255 g/mol. The zero-order chi connectivity index (χ0) is 13.3. The van der Waals surface area contributed by atoms with Gasteiger partial charge < -0.3 is 5.73 Å². The van der Waals surface area contributed by atoms with Crippen LogP contribution in [-0.4, -0.2) is 5.54 Å². The minimum atomic E-state index is -0.184. The van der Waals surface area contributed by atoms with Gasteiger partial charge in [0.25, 0.3) is 0 Å². The van der Waals surface area contributed by atoms with Gasteiger partial charge in [-0.05, 0) is 42.5 Å². The molecule has 19 heavy (non-hydrogen) atoms. The van der Waals surface area contributed by atoms with Gasteiger partial charge in [0.2, 0.25) is 0 Å². The number of rotatable bonds is 4. The highest BCUT2D eigenvalue weighted by Gasteiger charge is 2.50. The molecule has 1 saturated carbocycles. The Morgan fingerprint density at radius 2 is 1.74 bits per heavy atom. The lowest BCUT2D eigenvalue weighted by molar-refractivity contribution is 0.587. The molecule has 2 N–H and O–H groups in total. The number of halogens is 1. The number of hydrogen-bond donors (Lipinski definition) is 1. The van der Waals surface area contributed by atoms with Gasteiger partial charge in [0, 0.05) is 11.5 Å². The van der Waals surface area contributed by atoms with E-state index in [1.54, 1.807) is 0 Å². The van der Waals surface area contributed by atoms with Crippen LogP contribution in [0.25, 0.3) is 0 Å². The quantitative estimate of drug-likeness (QED) is 0.886. The second kappa shape index (κ2) is 4.78. The van der Waals surface area contributed by atoms with E-state index in [1.165, 1.54) is 17.7 Å². The van der Waals surface area contributed by atoms with E-state index in [1.807, 2.05) is 18.2 Å². The van der Waals surface area contributed by atoms with E-state index in [-0.39, 0.29) is 11.4 Å². The van der Waals surface area contributed by atoms with E-state index < -0.39 is 0 Å². The van der Waals surface area contributed by atoms with Crippen molar-refractivity contribution in [1.29, 1.82) is 0 Å². The highest BCUT2D eigenvalue weighted by Crippen LogP contribution is 2.52. The van der Waals surface area contributed by atoms with Gasteiger partial charge in [0.05, 0.1) is 0 Å². The predicted molar refractivity (Wildman–Crippen MR) is 75.4 cm³/mol. The standard InChI is InChI=1S/C17H18FN/c18-15-8-6-14(7-9-15)16-12-17(16,19)11-10-13-4-2-1-3-5-13/h1-9,16H,10-12,19H2/t16-,17+/m0/s1. The summed E-state index contributed by atoms with van der Waals surface area (Å²) in [6, 6.07) is 17.2. The molecule has 0 heterocycles. The molecule has 0 aromatic heterocycles. The van der Waals surface area contributed by atoms with Crippen molar-refractivity contribution >= 4 is 0 Å². The molecule has 1 fully saturated rings. The Hall–Kier alpha value is -1.67. The SMILES string of the molecule is N[C@]1(CCc2ccccc2)C[C@H]1c1ccc(F)cc1. The Balaban J connectivity index is 1.62. The Labute approximate surface area is 113 Å². The lowest BCUT2D eigenvalue weighted by atomic mass is 9.99. The van der Waals surface area contributed by atoms with Crippen molar-refractivity contribution in [3.8, 4) is 0 Å². The molecule has 2 atom stereocenters. The summed E-state index contributed by atoms with van der Waals surface area (Å²) < 4.78 is 12.9. The summed E-state index contributed by atoms with van der Waals surface area (Å²) >= 11 is 0. The topological polar surface area (TPSA) is 26.0 Å². The summed E-state index contributed by atoms with van der Waals surface area (Å²) in [5.74, 6) is 0.202. The van der Waals surface area contributed by atoms with Crippen molar-refractivity contribution < 1.29 is 4.39 Å². The van der Waals surface area contributed by atoms with Crippen LogP contribution in [0.1, 0.15) is 29.9 Å². The number of nitrogens with two attached hydrogens (primary N) is 1. The summed E-state index contributed by atoms with van der Waals surface area (Å²) in [5, 5.41) is 0. The molecule has 3 rings (SSSR count). The van der Waals surface area contributed by atoms with E-state index in [0.717, 1.165) is 24.8 Å². The van der Waals surface area contributed by atoms with Crippen molar-refractivity contribution in [2.45, 2.75) is 30.7 Å². The maximum atomic E-state index is 12.9. The highest BCUT2D eigenvalue weighted by molar-refractivity contribution is 5.33. The molecule has 2 heteroatoms. The van der Waals surface area contributed by atoms with Crippen LogP contribution in [0, 0.1) is 5.82 Å². The second-order valence-electron chi connectivity index (χ2n) is 5.53. The normalized spacial score (nSPS) is 25.3. The molecular weight excluding hydrogens is 237 g/mol. The predicted octanol–water partition coefficient (Wildman–Crippen LogP) is 3.64. The minimum Gasteiger partial charge on any atom is -0.325 e. The fourth-order valence-corrected chi connectivity index (χ4v) is 2.76. The molecular formula is C17H18FN. The summed E-state index contributed by atoms with van der Waals surface area (Å²) in [6.45, 7) is 0. The largest absolute Gasteiger partial charge is 0.325 e. The zero-order valence-corrected chi connectivity index (χ0v) is 10.9. The molecule has 2 aromatic carbocycles. The Bertz CT molecular complexity index is 549. The average molecular weight is 255 g/mol. The summed E-state index contributed by atoms with van der Waals surface area (Å²) in [5.41, 5.74) is 8.81. The van der Waals surface area contributed by atoms with Gasteiger partial charge in [-0.1, -0.05) is 42.5 Å². The van der Waals surface area contributed by atoms with Gasteiger partial charge in [-0.2, -0.15) is 0 Å². The van der Waals surface area contributed by atoms with Crippen molar-refractivity contribution in [3.63, 3.8) is 0 Å². The Morgan fingerprint density at radius 3 is 2.42 bits per heavy atom. The summed E-state index contributed by atoms with van der Waals surface area (Å²) in [7, 11) is 0. The first kappa shape index (κ1) is 12.4. The van der Waals surface area contributed by atoms with Crippen LogP contribution in [-0.2, 0) is 6.42 Å². The molecule has 0 saturated heterocycles. The fourth-order valence-electron chi connectivity index (χ4n) is 2.76. The highest BCUT2D eigenvalue weighted by atomic mass is 19.1. The van der Waals surface area contributed by atoms with Crippen LogP contribution in [0.2, 0.25) is 0 Å². The first-order valence-electron chi connectivity index (χ1n) is 6.76. The third-order valence-electron chi connectivity index (χ3n) is 4.11. The molecule has 0 unspecified atom stereocenters. The molecule has 0 aliphatic heterocycles. The average Bonchev–Trinajstić information content (AvgIpc) is 3.11. The lowest BCUT2D eigenvalue weighted by Gasteiger charge is -2.11. The summed E-state index contributed by atoms with van der Waals surface area (Å²) in [6.07, 6.45) is 3.00. The van der Waals surface area contributed by atoms with E-state index in [9.17, 15) is 4.39 Å². The molecule has 0 radical (unpaired) electrons. The van der Waals surface area contributed by atoms with Gasteiger partial charge in [0.15, 0.2) is 0 Å². The molecule has 0 spiro atoms. The van der Waals surface area contributed by atoms with Crippen LogP contribution in [0.4, 0.5) is 4.39 Å². The van der Waals surface area contributed by atoms with Gasteiger partial charge in [-0.25, -0.2) is 4.39 Å². The van der Waals surface area contributed by atoms with Gasteiger partial charge in [-0.15, -0.1) is 0 Å². The number of aryl methyl sites for hydroxylation is 1. The number of hydrogen-bond acceptors (Lipinski definition) is 1. The number of benzene rings is 2. The molecule has 1 nitrogen and oxygen atoms in total. The maximum Gasteiger partial charge on any atom is 0.123 e. The van der Waals surface area contributed by atoms with Crippen molar-refractivity contribution in [2.24, 2.45) is 5.73 Å². The lowest BCUT2D eigenvalue weighted by Crippen LogP contribution is -2.25.